The summed E-state index contributed by atoms with van der Waals surface area (Å²) in [6, 6.07) is 5.05. The Bertz CT molecular complexity index is 502. The van der Waals surface area contributed by atoms with Crippen molar-refractivity contribution in [3.8, 4) is 0 Å². The normalized spacial score (nSPS) is 19.6. The van der Waals surface area contributed by atoms with Gasteiger partial charge in [0.2, 0.25) is 5.91 Å². The predicted octanol–water partition coefficient (Wildman–Crippen LogP) is 2.62. The molecule has 0 radical (unpaired) electrons. The van der Waals surface area contributed by atoms with Crippen LogP contribution in [0.15, 0.2) is 24.3 Å². The number of hydrogen-bond donors (Lipinski definition) is 1. The van der Waals surface area contributed by atoms with Gasteiger partial charge in [-0.1, -0.05) is 18.2 Å². The number of amides is 1. The molecular weight excluding hydrogens is 283 g/mol. The SMILES string of the molecule is O=C(CCc1cccc(C(F)(F)F)c1)N1CCC[C@H](O)C1. The molecule has 1 aliphatic heterocycles. The molecule has 0 unspecified atom stereocenters. The fraction of sp³-hybridized carbons (Fsp3) is 0.533. The first-order valence-corrected chi connectivity index (χ1v) is 6.98. The molecule has 0 bridgehead atoms. The van der Waals surface area contributed by atoms with Gasteiger partial charge < -0.3 is 10.0 Å². The van der Waals surface area contributed by atoms with Crippen LogP contribution < -0.4 is 0 Å². The first-order chi connectivity index (χ1) is 9.86. The van der Waals surface area contributed by atoms with Crippen molar-refractivity contribution < 1.29 is 23.1 Å². The van der Waals surface area contributed by atoms with Crippen LogP contribution in [0.4, 0.5) is 13.2 Å². The number of aliphatic hydroxyl groups is 1. The highest BCUT2D eigenvalue weighted by Gasteiger charge is 2.30. The molecule has 0 spiro atoms. The van der Waals surface area contributed by atoms with Crippen LogP contribution in [-0.2, 0) is 17.4 Å². The third-order valence-corrected chi connectivity index (χ3v) is 3.63. The standard InChI is InChI=1S/C15H18F3NO2/c16-15(17,18)12-4-1-3-11(9-12)6-7-14(21)19-8-2-5-13(20)10-19/h1,3-4,9,13,20H,2,5-8,10H2/t13-/m0/s1. The zero-order valence-electron chi connectivity index (χ0n) is 11.6. The van der Waals surface area contributed by atoms with Crippen LogP contribution in [0.25, 0.3) is 0 Å². The second-order valence-electron chi connectivity index (χ2n) is 5.33. The number of piperidine rings is 1. The van der Waals surface area contributed by atoms with Crippen LogP contribution in [0.2, 0.25) is 0 Å². The minimum Gasteiger partial charge on any atom is -0.391 e. The largest absolute Gasteiger partial charge is 0.416 e. The van der Waals surface area contributed by atoms with Gasteiger partial charge in [-0.05, 0) is 30.9 Å². The first kappa shape index (κ1) is 15.8. The third kappa shape index (κ3) is 4.46. The number of aryl methyl sites for hydroxylation is 1. The van der Waals surface area contributed by atoms with Gasteiger partial charge in [0.05, 0.1) is 11.7 Å². The molecule has 1 fully saturated rings. The van der Waals surface area contributed by atoms with E-state index in [1.54, 1.807) is 11.0 Å². The minimum absolute atomic E-state index is 0.119. The molecule has 6 heteroatoms. The maximum Gasteiger partial charge on any atom is 0.416 e. The summed E-state index contributed by atoms with van der Waals surface area (Å²) in [7, 11) is 0. The zero-order chi connectivity index (χ0) is 15.5. The third-order valence-electron chi connectivity index (χ3n) is 3.63. The van der Waals surface area contributed by atoms with Crippen LogP contribution in [-0.4, -0.2) is 35.1 Å². The summed E-state index contributed by atoms with van der Waals surface area (Å²) in [6.07, 6.45) is -2.97. The molecule has 1 atom stereocenters. The van der Waals surface area contributed by atoms with Crippen molar-refractivity contribution >= 4 is 5.91 Å². The van der Waals surface area contributed by atoms with E-state index in [1.165, 1.54) is 6.07 Å². The van der Waals surface area contributed by atoms with E-state index in [4.69, 9.17) is 0 Å². The lowest BCUT2D eigenvalue weighted by Gasteiger charge is -2.30. The number of halogens is 3. The molecule has 2 rings (SSSR count). The Balaban J connectivity index is 1.92. The fourth-order valence-electron chi connectivity index (χ4n) is 2.49. The molecule has 0 saturated carbocycles. The Morgan fingerprint density at radius 3 is 2.81 bits per heavy atom. The lowest BCUT2D eigenvalue weighted by atomic mass is 10.0. The van der Waals surface area contributed by atoms with Crippen LogP contribution in [0.5, 0.6) is 0 Å². The van der Waals surface area contributed by atoms with Crippen molar-refractivity contribution in [2.45, 2.75) is 38.0 Å². The molecule has 1 aromatic carbocycles. The number of β-amino-alcohol motifs (C(OH)–C–C–N with tert-alkyl or cyclic N) is 1. The summed E-state index contributed by atoms with van der Waals surface area (Å²) in [6.45, 7) is 0.930. The number of rotatable bonds is 3. The van der Waals surface area contributed by atoms with Gasteiger partial charge in [-0.2, -0.15) is 13.2 Å². The van der Waals surface area contributed by atoms with E-state index < -0.39 is 17.8 Å². The van der Waals surface area contributed by atoms with Crippen molar-refractivity contribution in [3.05, 3.63) is 35.4 Å². The molecule has 3 nitrogen and oxygen atoms in total. The van der Waals surface area contributed by atoms with Crippen molar-refractivity contribution in [3.63, 3.8) is 0 Å². The second-order valence-corrected chi connectivity index (χ2v) is 5.33. The lowest BCUT2D eigenvalue weighted by Crippen LogP contribution is -2.42. The van der Waals surface area contributed by atoms with E-state index in [2.05, 4.69) is 0 Å². The maximum atomic E-state index is 12.6. The summed E-state index contributed by atoms with van der Waals surface area (Å²) in [5.74, 6) is -0.119. The lowest BCUT2D eigenvalue weighted by molar-refractivity contribution is -0.137. The van der Waals surface area contributed by atoms with Crippen molar-refractivity contribution in [2.24, 2.45) is 0 Å². The van der Waals surface area contributed by atoms with E-state index in [0.29, 0.717) is 25.1 Å². The average Bonchev–Trinajstić information content (AvgIpc) is 2.44. The molecule has 1 heterocycles. The maximum absolute atomic E-state index is 12.6. The van der Waals surface area contributed by atoms with Gasteiger partial charge in [0.15, 0.2) is 0 Å². The summed E-state index contributed by atoms with van der Waals surface area (Å²) >= 11 is 0. The van der Waals surface area contributed by atoms with Gasteiger partial charge in [-0.15, -0.1) is 0 Å². The molecule has 0 aliphatic carbocycles. The zero-order valence-corrected chi connectivity index (χ0v) is 11.6. The second kappa shape index (κ2) is 6.47. The Morgan fingerprint density at radius 1 is 1.38 bits per heavy atom. The van der Waals surface area contributed by atoms with E-state index in [-0.39, 0.29) is 18.7 Å². The van der Waals surface area contributed by atoms with Crippen LogP contribution in [0.1, 0.15) is 30.4 Å². The smallest absolute Gasteiger partial charge is 0.391 e. The molecule has 1 amide bonds. The number of alkyl halides is 3. The van der Waals surface area contributed by atoms with Crippen molar-refractivity contribution in [2.75, 3.05) is 13.1 Å². The van der Waals surface area contributed by atoms with Gasteiger partial charge in [0, 0.05) is 19.5 Å². The monoisotopic (exact) mass is 301 g/mol. The minimum atomic E-state index is -4.36. The molecular formula is C15H18F3NO2. The van der Waals surface area contributed by atoms with Gasteiger partial charge >= 0.3 is 6.18 Å². The molecule has 1 N–H and O–H groups in total. The molecule has 1 saturated heterocycles. The molecule has 0 aromatic heterocycles. The van der Waals surface area contributed by atoms with Gasteiger partial charge in [0.25, 0.3) is 0 Å². The fourth-order valence-corrected chi connectivity index (χ4v) is 2.49. The molecule has 21 heavy (non-hydrogen) atoms. The number of likely N-dealkylation sites (tertiary alicyclic amines) is 1. The van der Waals surface area contributed by atoms with E-state index in [1.807, 2.05) is 0 Å². The van der Waals surface area contributed by atoms with Gasteiger partial charge in [0.1, 0.15) is 0 Å². The number of carbonyl (C=O) groups excluding carboxylic acids is 1. The van der Waals surface area contributed by atoms with E-state index >= 15 is 0 Å². The average molecular weight is 301 g/mol. The number of aliphatic hydroxyl groups excluding tert-OH is 1. The van der Waals surface area contributed by atoms with E-state index in [0.717, 1.165) is 18.6 Å². The quantitative estimate of drug-likeness (QED) is 0.932. The van der Waals surface area contributed by atoms with E-state index in [9.17, 15) is 23.1 Å². The van der Waals surface area contributed by atoms with Gasteiger partial charge in [-0.25, -0.2) is 0 Å². The van der Waals surface area contributed by atoms with Crippen molar-refractivity contribution in [1.29, 1.82) is 0 Å². The number of nitrogens with zero attached hydrogens (tertiary/aromatic N) is 1. The highest BCUT2D eigenvalue weighted by atomic mass is 19.4. The number of benzene rings is 1. The summed E-state index contributed by atoms with van der Waals surface area (Å²) in [4.78, 5) is 13.6. The highest BCUT2D eigenvalue weighted by molar-refractivity contribution is 5.76. The molecule has 1 aliphatic rings. The summed E-state index contributed by atoms with van der Waals surface area (Å²) in [5, 5.41) is 9.52. The van der Waals surface area contributed by atoms with Crippen LogP contribution in [0.3, 0.4) is 0 Å². The van der Waals surface area contributed by atoms with Crippen molar-refractivity contribution in [1.82, 2.24) is 4.90 Å². The summed E-state index contributed by atoms with van der Waals surface area (Å²) < 4.78 is 37.8. The van der Waals surface area contributed by atoms with Crippen LogP contribution >= 0.6 is 0 Å². The Hall–Kier alpha value is -1.56. The topological polar surface area (TPSA) is 40.5 Å². The Morgan fingerprint density at radius 2 is 2.14 bits per heavy atom. The highest BCUT2D eigenvalue weighted by Crippen LogP contribution is 2.29. The van der Waals surface area contributed by atoms with Gasteiger partial charge in [-0.3, -0.25) is 4.79 Å². The Labute approximate surface area is 121 Å². The number of carbonyl (C=O) groups is 1. The number of hydrogen-bond acceptors (Lipinski definition) is 2. The molecule has 116 valence electrons. The predicted molar refractivity (Wildman–Crippen MR) is 71.6 cm³/mol. The summed E-state index contributed by atoms with van der Waals surface area (Å²) in [5.41, 5.74) is -0.198. The van der Waals surface area contributed by atoms with Crippen LogP contribution in [0, 0.1) is 0 Å². The Kier molecular flexibility index (Phi) is 4.88. The first-order valence-electron chi connectivity index (χ1n) is 6.98. The molecule has 1 aromatic rings.